The van der Waals surface area contributed by atoms with Crippen LogP contribution in [-0.2, 0) is 11.4 Å². The molecule has 0 radical (unpaired) electrons. The van der Waals surface area contributed by atoms with E-state index >= 15 is 0 Å². The third-order valence-electron chi connectivity index (χ3n) is 0.991. The fourth-order valence-corrected chi connectivity index (χ4v) is 0.561. The first-order chi connectivity index (χ1) is 4.93. The van der Waals surface area contributed by atoms with Crippen LogP contribution in [0.25, 0.3) is 0 Å². The van der Waals surface area contributed by atoms with Crippen molar-refractivity contribution in [1.29, 1.82) is 0 Å². The van der Waals surface area contributed by atoms with E-state index in [0.717, 1.165) is 5.56 Å². The topological polar surface area (TPSA) is 34.7 Å². The highest BCUT2D eigenvalue weighted by Crippen LogP contribution is 2.00. The molecule has 0 fully saturated rings. The van der Waals surface area contributed by atoms with Crippen LogP contribution < -0.4 is 0 Å². The normalized spacial score (nSPS) is 10.5. The number of nitrogens with zero attached hydrogens (tertiary/aromatic N) is 1. The largest absolute Gasteiger partial charge is 0.472 e. The van der Waals surface area contributed by atoms with Gasteiger partial charge in [-0.05, 0) is 13.0 Å². The highest BCUT2D eigenvalue weighted by Gasteiger charge is 1.90. The van der Waals surface area contributed by atoms with Crippen LogP contribution in [0.2, 0.25) is 0 Å². The molecule has 0 aliphatic carbocycles. The molecule has 0 unspecified atom stereocenters. The first-order valence-corrected chi connectivity index (χ1v) is 3.04. The molecule has 3 heteroatoms. The van der Waals surface area contributed by atoms with Crippen molar-refractivity contribution in [2.24, 2.45) is 5.16 Å². The van der Waals surface area contributed by atoms with E-state index in [1.165, 1.54) is 0 Å². The lowest BCUT2D eigenvalue weighted by molar-refractivity contribution is 0.131. The lowest BCUT2D eigenvalue weighted by Gasteiger charge is -1.91. The molecule has 3 nitrogen and oxygen atoms in total. The highest BCUT2D eigenvalue weighted by atomic mass is 16.6. The quantitative estimate of drug-likeness (QED) is 0.472. The minimum atomic E-state index is 0.473. The second-order valence-corrected chi connectivity index (χ2v) is 1.77. The van der Waals surface area contributed by atoms with Gasteiger partial charge in [-0.15, -0.1) is 0 Å². The number of furan rings is 1. The van der Waals surface area contributed by atoms with Crippen LogP contribution >= 0.6 is 0 Å². The molecule has 0 bridgehead atoms. The Bertz CT molecular complexity index is 191. The monoisotopic (exact) mass is 139 g/mol. The molecule has 0 saturated heterocycles. The van der Waals surface area contributed by atoms with E-state index in [1.807, 2.05) is 6.07 Å². The minimum Gasteiger partial charge on any atom is -0.472 e. The predicted octanol–water partition coefficient (Wildman–Crippen LogP) is 1.80. The van der Waals surface area contributed by atoms with Crippen LogP contribution in [0.15, 0.2) is 28.2 Å². The molecule has 0 spiro atoms. The molecule has 0 amide bonds. The van der Waals surface area contributed by atoms with Gasteiger partial charge in [0.1, 0.15) is 6.61 Å². The van der Waals surface area contributed by atoms with Gasteiger partial charge in [-0.3, -0.25) is 0 Å². The summed E-state index contributed by atoms with van der Waals surface area (Å²) in [5.41, 5.74) is 0.991. The van der Waals surface area contributed by atoms with Crippen molar-refractivity contribution < 1.29 is 9.25 Å². The first kappa shape index (κ1) is 6.86. The van der Waals surface area contributed by atoms with E-state index in [4.69, 9.17) is 9.25 Å². The third kappa shape index (κ3) is 1.93. The van der Waals surface area contributed by atoms with Gasteiger partial charge in [0.05, 0.1) is 12.5 Å². The van der Waals surface area contributed by atoms with Crippen molar-refractivity contribution in [2.75, 3.05) is 0 Å². The molecular formula is C7H9NO2. The summed E-state index contributed by atoms with van der Waals surface area (Å²) in [4.78, 5) is 4.84. The van der Waals surface area contributed by atoms with E-state index in [-0.39, 0.29) is 0 Å². The lowest BCUT2D eigenvalue weighted by Crippen LogP contribution is -1.82. The van der Waals surface area contributed by atoms with Gasteiger partial charge >= 0.3 is 0 Å². The first-order valence-electron chi connectivity index (χ1n) is 3.04. The fraction of sp³-hybridized carbons (Fsp3) is 0.286. The highest BCUT2D eigenvalue weighted by molar-refractivity contribution is 5.52. The van der Waals surface area contributed by atoms with E-state index in [2.05, 4.69) is 5.16 Å². The van der Waals surface area contributed by atoms with Gasteiger partial charge in [0.15, 0.2) is 0 Å². The Morgan fingerprint density at radius 1 is 1.80 bits per heavy atom. The summed E-state index contributed by atoms with van der Waals surface area (Å²) in [5.74, 6) is 0. The van der Waals surface area contributed by atoms with E-state index < -0.39 is 0 Å². The number of hydrogen-bond donors (Lipinski definition) is 0. The maximum Gasteiger partial charge on any atom is 0.145 e. The molecule has 1 aromatic heterocycles. The van der Waals surface area contributed by atoms with E-state index in [1.54, 1.807) is 25.7 Å². The molecule has 1 heterocycles. The Morgan fingerprint density at radius 3 is 3.30 bits per heavy atom. The molecule has 1 aromatic rings. The molecule has 1 rings (SSSR count). The van der Waals surface area contributed by atoms with Gasteiger partial charge in [-0.2, -0.15) is 0 Å². The van der Waals surface area contributed by atoms with Gasteiger partial charge < -0.3 is 9.25 Å². The molecule has 0 aliphatic heterocycles. The van der Waals surface area contributed by atoms with Crippen molar-refractivity contribution in [2.45, 2.75) is 13.5 Å². The van der Waals surface area contributed by atoms with Crippen LogP contribution in [0.3, 0.4) is 0 Å². The Kier molecular flexibility index (Phi) is 2.55. The molecule has 0 atom stereocenters. The Hall–Kier alpha value is -1.25. The van der Waals surface area contributed by atoms with Gasteiger partial charge in [0.2, 0.25) is 0 Å². The van der Waals surface area contributed by atoms with Crippen molar-refractivity contribution in [3.63, 3.8) is 0 Å². The zero-order chi connectivity index (χ0) is 7.23. The standard InChI is InChI=1S/C7H9NO2/c1-2-8-10-6-7-3-4-9-5-7/h2-5H,6H2,1H3/b8-2-. The van der Waals surface area contributed by atoms with Crippen molar-refractivity contribution in [3.05, 3.63) is 24.2 Å². The molecule has 0 aliphatic rings. The molecule has 10 heavy (non-hydrogen) atoms. The summed E-state index contributed by atoms with van der Waals surface area (Å²) in [6.45, 7) is 2.27. The maximum absolute atomic E-state index is 4.84. The smallest absolute Gasteiger partial charge is 0.145 e. The van der Waals surface area contributed by atoms with Gasteiger partial charge in [0.25, 0.3) is 0 Å². The Morgan fingerprint density at radius 2 is 2.70 bits per heavy atom. The van der Waals surface area contributed by atoms with Crippen LogP contribution in [0.4, 0.5) is 0 Å². The molecule has 0 N–H and O–H groups in total. The number of hydrogen-bond acceptors (Lipinski definition) is 3. The lowest BCUT2D eigenvalue weighted by atomic mass is 10.4. The summed E-state index contributed by atoms with van der Waals surface area (Å²) >= 11 is 0. The average Bonchev–Trinajstić information content (AvgIpc) is 2.41. The summed E-state index contributed by atoms with van der Waals surface area (Å²) in [6.07, 6.45) is 4.83. The van der Waals surface area contributed by atoms with Gasteiger partial charge in [0, 0.05) is 11.8 Å². The zero-order valence-corrected chi connectivity index (χ0v) is 5.78. The number of rotatable bonds is 3. The van der Waals surface area contributed by atoms with E-state index in [0.29, 0.717) is 6.61 Å². The second-order valence-electron chi connectivity index (χ2n) is 1.77. The Balaban J connectivity index is 2.28. The fourth-order valence-electron chi connectivity index (χ4n) is 0.561. The summed E-state index contributed by atoms with van der Waals surface area (Å²) in [6, 6.07) is 1.84. The Labute approximate surface area is 59.3 Å². The summed E-state index contributed by atoms with van der Waals surface area (Å²) < 4.78 is 4.81. The zero-order valence-electron chi connectivity index (χ0n) is 5.78. The maximum atomic E-state index is 4.84. The van der Waals surface area contributed by atoms with Crippen LogP contribution in [0.1, 0.15) is 12.5 Å². The second kappa shape index (κ2) is 3.71. The third-order valence-corrected chi connectivity index (χ3v) is 0.991. The molecule has 0 saturated carbocycles. The van der Waals surface area contributed by atoms with E-state index in [9.17, 15) is 0 Å². The molecule has 54 valence electrons. The van der Waals surface area contributed by atoms with Crippen molar-refractivity contribution >= 4 is 6.21 Å². The molecule has 0 aromatic carbocycles. The van der Waals surface area contributed by atoms with Crippen LogP contribution in [-0.4, -0.2) is 6.21 Å². The van der Waals surface area contributed by atoms with Crippen molar-refractivity contribution in [1.82, 2.24) is 0 Å². The molecular weight excluding hydrogens is 130 g/mol. The number of oxime groups is 1. The van der Waals surface area contributed by atoms with Crippen LogP contribution in [0, 0.1) is 0 Å². The SMILES string of the molecule is C/C=N\OCc1ccoc1. The minimum absolute atomic E-state index is 0.473. The summed E-state index contributed by atoms with van der Waals surface area (Å²) in [7, 11) is 0. The predicted molar refractivity (Wildman–Crippen MR) is 37.7 cm³/mol. The summed E-state index contributed by atoms with van der Waals surface area (Å²) in [5, 5.41) is 3.58. The van der Waals surface area contributed by atoms with Gasteiger partial charge in [-0.1, -0.05) is 5.16 Å². The van der Waals surface area contributed by atoms with Gasteiger partial charge in [-0.25, -0.2) is 0 Å². The van der Waals surface area contributed by atoms with Crippen molar-refractivity contribution in [3.8, 4) is 0 Å². The van der Waals surface area contributed by atoms with Crippen LogP contribution in [0.5, 0.6) is 0 Å². The average molecular weight is 139 g/mol.